The van der Waals surface area contributed by atoms with Crippen LogP contribution in [0.1, 0.15) is 70.6 Å². The molecule has 1 fully saturated rings. The first kappa shape index (κ1) is 17.0. The van der Waals surface area contributed by atoms with Crippen molar-refractivity contribution in [3.05, 3.63) is 0 Å². The third-order valence-electron chi connectivity index (χ3n) is 4.28. The normalized spacial score (nSPS) is 21.6. The summed E-state index contributed by atoms with van der Waals surface area (Å²) < 4.78 is 0. The van der Waals surface area contributed by atoms with Crippen molar-refractivity contribution in [1.29, 1.82) is 0 Å². The van der Waals surface area contributed by atoms with Gasteiger partial charge in [-0.2, -0.15) is 0 Å². The summed E-state index contributed by atoms with van der Waals surface area (Å²) in [5.74, 6) is 0. The lowest BCUT2D eigenvalue weighted by molar-refractivity contribution is 0.245. The van der Waals surface area contributed by atoms with Gasteiger partial charge in [-0.15, -0.1) is 0 Å². The van der Waals surface area contributed by atoms with Gasteiger partial charge in [0.1, 0.15) is 0 Å². The van der Waals surface area contributed by atoms with Gasteiger partial charge in [-0.25, -0.2) is 0 Å². The van der Waals surface area contributed by atoms with Crippen molar-refractivity contribution in [1.82, 2.24) is 9.80 Å². The molecular formula is C17H36N2. The second-order valence-corrected chi connectivity index (χ2v) is 6.53. The Kier molecular flexibility index (Phi) is 10.5. The minimum atomic E-state index is 1.23. The Hall–Kier alpha value is -0.0800. The van der Waals surface area contributed by atoms with Gasteiger partial charge >= 0.3 is 0 Å². The largest absolute Gasteiger partial charge is 0.309 e. The van der Waals surface area contributed by atoms with E-state index in [1.165, 1.54) is 96.8 Å². The number of hydrogen-bond acceptors (Lipinski definition) is 2. The van der Waals surface area contributed by atoms with Crippen LogP contribution in [-0.4, -0.2) is 50.1 Å². The maximum absolute atomic E-state index is 2.72. The van der Waals surface area contributed by atoms with E-state index in [2.05, 4.69) is 23.9 Å². The summed E-state index contributed by atoms with van der Waals surface area (Å²) >= 11 is 0. The molecule has 0 spiro atoms. The Labute approximate surface area is 121 Å². The van der Waals surface area contributed by atoms with E-state index >= 15 is 0 Å². The Morgan fingerprint density at radius 1 is 0.684 bits per heavy atom. The second kappa shape index (κ2) is 11.7. The van der Waals surface area contributed by atoms with E-state index in [0.29, 0.717) is 0 Å². The molecule has 114 valence electrons. The summed E-state index contributed by atoms with van der Waals surface area (Å²) in [6.07, 6.45) is 15.9. The summed E-state index contributed by atoms with van der Waals surface area (Å²) in [6, 6.07) is 0. The predicted molar refractivity (Wildman–Crippen MR) is 85.8 cm³/mol. The smallest absolute Gasteiger partial charge is 0.000655 e. The molecule has 0 unspecified atom stereocenters. The van der Waals surface area contributed by atoms with Gasteiger partial charge in [0, 0.05) is 0 Å². The Morgan fingerprint density at radius 2 is 1.11 bits per heavy atom. The van der Waals surface area contributed by atoms with Crippen LogP contribution in [0.25, 0.3) is 0 Å². The van der Waals surface area contributed by atoms with E-state index in [4.69, 9.17) is 0 Å². The molecule has 1 heterocycles. The third kappa shape index (κ3) is 10.4. The standard InChI is InChI=1S/C17H36N2/c1-18(2)14-13-17-19-15-11-9-7-5-3-4-6-8-10-12-16-19/h3-17H2,1-2H3. The van der Waals surface area contributed by atoms with Crippen molar-refractivity contribution < 1.29 is 0 Å². The van der Waals surface area contributed by atoms with Crippen LogP contribution in [0.2, 0.25) is 0 Å². The number of rotatable bonds is 4. The summed E-state index contributed by atoms with van der Waals surface area (Å²) in [5.41, 5.74) is 0. The van der Waals surface area contributed by atoms with E-state index in [9.17, 15) is 0 Å². The van der Waals surface area contributed by atoms with Crippen LogP contribution in [0.3, 0.4) is 0 Å². The molecule has 0 radical (unpaired) electrons. The van der Waals surface area contributed by atoms with Crippen molar-refractivity contribution in [3.63, 3.8) is 0 Å². The lowest BCUT2D eigenvalue weighted by atomic mass is 10.1. The first-order valence-electron chi connectivity index (χ1n) is 8.66. The molecule has 2 heteroatoms. The summed E-state index contributed by atoms with van der Waals surface area (Å²) in [6.45, 7) is 5.22. The molecule has 0 aromatic rings. The SMILES string of the molecule is CN(C)CCCN1CCCCCCCCCCCC1. The van der Waals surface area contributed by atoms with Gasteiger partial charge in [0.25, 0.3) is 0 Å². The summed E-state index contributed by atoms with van der Waals surface area (Å²) in [7, 11) is 4.36. The van der Waals surface area contributed by atoms with Crippen LogP contribution in [0, 0.1) is 0 Å². The molecule has 0 N–H and O–H groups in total. The first-order valence-corrected chi connectivity index (χ1v) is 8.66. The Balaban J connectivity index is 2.21. The van der Waals surface area contributed by atoms with E-state index in [1.54, 1.807) is 0 Å². The molecule has 1 saturated heterocycles. The highest BCUT2D eigenvalue weighted by molar-refractivity contribution is 4.61. The average Bonchev–Trinajstić information content (AvgIpc) is 2.40. The van der Waals surface area contributed by atoms with E-state index in [-0.39, 0.29) is 0 Å². The van der Waals surface area contributed by atoms with Crippen LogP contribution in [0.15, 0.2) is 0 Å². The van der Waals surface area contributed by atoms with Crippen LogP contribution >= 0.6 is 0 Å². The molecule has 2 nitrogen and oxygen atoms in total. The highest BCUT2D eigenvalue weighted by Gasteiger charge is 2.05. The molecular weight excluding hydrogens is 232 g/mol. The van der Waals surface area contributed by atoms with Gasteiger partial charge in [-0.3, -0.25) is 0 Å². The molecule has 1 rings (SSSR count). The van der Waals surface area contributed by atoms with Gasteiger partial charge in [-0.1, -0.05) is 51.4 Å². The zero-order chi connectivity index (χ0) is 13.8. The molecule has 0 bridgehead atoms. The minimum absolute atomic E-state index is 1.23. The van der Waals surface area contributed by atoms with Crippen molar-refractivity contribution in [2.24, 2.45) is 0 Å². The summed E-state index contributed by atoms with van der Waals surface area (Å²) in [5, 5.41) is 0. The summed E-state index contributed by atoms with van der Waals surface area (Å²) in [4.78, 5) is 5.03. The fraction of sp³-hybridized carbons (Fsp3) is 1.00. The lowest BCUT2D eigenvalue weighted by Gasteiger charge is -2.23. The van der Waals surface area contributed by atoms with Crippen molar-refractivity contribution in [3.8, 4) is 0 Å². The Morgan fingerprint density at radius 3 is 1.53 bits per heavy atom. The third-order valence-corrected chi connectivity index (χ3v) is 4.28. The van der Waals surface area contributed by atoms with Gasteiger partial charge in [0.15, 0.2) is 0 Å². The molecule has 0 atom stereocenters. The highest BCUT2D eigenvalue weighted by atomic mass is 15.1. The second-order valence-electron chi connectivity index (χ2n) is 6.53. The molecule has 19 heavy (non-hydrogen) atoms. The molecule has 0 aliphatic carbocycles. The van der Waals surface area contributed by atoms with E-state index in [1.807, 2.05) is 0 Å². The van der Waals surface area contributed by atoms with Crippen LogP contribution in [0.5, 0.6) is 0 Å². The van der Waals surface area contributed by atoms with E-state index in [0.717, 1.165) is 0 Å². The van der Waals surface area contributed by atoms with Gasteiger partial charge in [0.2, 0.25) is 0 Å². The van der Waals surface area contributed by atoms with Gasteiger partial charge in [0.05, 0.1) is 0 Å². The van der Waals surface area contributed by atoms with Crippen molar-refractivity contribution in [2.45, 2.75) is 70.6 Å². The molecule has 1 aliphatic rings. The van der Waals surface area contributed by atoms with Crippen LogP contribution < -0.4 is 0 Å². The van der Waals surface area contributed by atoms with Gasteiger partial charge < -0.3 is 9.80 Å². The van der Waals surface area contributed by atoms with Crippen LogP contribution in [0.4, 0.5) is 0 Å². The molecule has 0 amide bonds. The maximum atomic E-state index is 2.72. The van der Waals surface area contributed by atoms with Crippen molar-refractivity contribution in [2.75, 3.05) is 40.3 Å². The molecule has 0 aromatic heterocycles. The monoisotopic (exact) mass is 268 g/mol. The number of nitrogens with zero attached hydrogens (tertiary/aromatic N) is 2. The predicted octanol–water partition coefficient (Wildman–Crippen LogP) is 4.15. The maximum Gasteiger partial charge on any atom is -0.000655 e. The zero-order valence-corrected chi connectivity index (χ0v) is 13.5. The fourth-order valence-electron chi connectivity index (χ4n) is 3.03. The molecule has 0 aromatic carbocycles. The lowest BCUT2D eigenvalue weighted by Crippen LogP contribution is -2.29. The molecule has 0 saturated carbocycles. The highest BCUT2D eigenvalue weighted by Crippen LogP contribution is 2.13. The quantitative estimate of drug-likeness (QED) is 0.755. The van der Waals surface area contributed by atoms with Crippen LogP contribution in [-0.2, 0) is 0 Å². The fourth-order valence-corrected chi connectivity index (χ4v) is 3.03. The number of hydrogen-bond donors (Lipinski definition) is 0. The molecule has 1 aliphatic heterocycles. The average molecular weight is 268 g/mol. The first-order chi connectivity index (χ1) is 9.29. The zero-order valence-electron chi connectivity index (χ0n) is 13.5. The Bertz CT molecular complexity index is 178. The van der Waals surface area contributed by atoms with Gasteiger partial charge in [-0.05, 0) is 59.5 Å². The minimum Gasteiger partial charge on any atom is -0.309 e. The van der Waals surface area contributed by atoms with E-state index < -0.39 is 0 Å². The van der Waals surface area contributed by atoms with Crippen molar-refractivity contribution >= 4 is 0 Å². The topological polar surface area (TPSA) is 6.48 Å².